The zero-order valence-electron chi connectivity index (χ0n) is 19.9. The molecule has 2 amide bonds. The number of amides is 2. The summed E-state index contributed by atoms with van der Waals surface area (Å²) in [6.07, 6.45) is -0.526. The molecule has 2 heterocycles. The van der Waals surface area contributed by atoms with E-state index in [0.29, 0.717) is 5.57 Å². The molecule has 0 spiro atoms. The zero-order valence-corrected chi connectivity index (χ0v) is 20.7. The van der Waals surface area contributed by atoms with Gasteiger partial charge in [0, 0.05) is 0 Å². The molecule has 3 aromatic rings. The highest BCUT2D eigenvalue weighted by Gasteiger charge is 2.56. The quantitative estimate of drug-likeness (QED) is 0.354. The Morgan fingerprint density at radius 1 is 0.919 bits per heavy atom. The number of rotatable bonds is 8. The van der Waals surface area contributed by atoms with Gasteiger partial charge in [0.05, 0.1) is 13.0 Å². The van der Waals surface area contributed by atoms with Gasteiger partial charge < -0.3 is 20.1 Å². The minimum absolute atomic E-state index is 0.154. The molecule has 0 saturated carbocycles. The number of β-lactam (4-membered cyclic amide) rings is 1. The van der Waals surface area contributed by atoms with E-state index in [2.05, 4.69) is 5.32 Å². The van der Waals surface area contributed by atoms with Gasteiger partial charge in [0.1, 0.15) is 11.4 Å². The molecule has 2 aliphatic rings. The van der Waals surface area contributed by atoms with Crippen LogP contribution in [0.5, 0.6) is 0 Å². The van der Waals surface area contributed by atoms with Gasteiger partial charge in [-0.15, -0.1) is 11.8 Å². The van der Waals surface area contributed by atoms with Crippen molar-refractivity contribution in [3.05, 3.63) is 119 Å². The van der Waals surface area contributed by atoms with Crippen LogP contribution in [0.2, 0.25) is 0 Å². The summed E-state index contributed by atoms with van der Waals surface area (Å²) >= 11 is 1.30. The standard InChI is InChI=1S/C29H26N2O5S/c32-17-22-18-37-28-24(30-23(33)16-19-10-4-1-5-11-19)27(34)31(28)25(22)29(35)36-26(20-12-6-2-7-13-20)21-14-8-3-9-15-21/h1-15,18,24-26,28,32H,16-17H2,(H,30,33)/t24?,25?,28-/m1/s1. The van der Waals surface area contributed by atoms with Crippen molar-refractivity contribution in [3.8, 4) is 0 Å². The van der Waals surface area contributed by atoms with Gasteiger partial charge >= 0.3 is 5.97 Å². The van der Waals surface area contributed by atoms with Crippen LogP contribution >= 0.6 is 11.8 Å². The minimum atomic E-state index is -1.07. The van der Waals surface area contributed by atoms with Crippen LogP contribution in [-0.4, -0.2) is 51.9 Å². The van der Waals surface area contributed by atoms with Crippen LogP contribution in [0.4, 0.5) is 0 Å². The molecule has 188 valence electrons. The monoisotopic (exact) mass is 514 g/mol. The molecule has 3 aromatic carbocycles. The number of thioether (sulfide) groups is 1. The van der Waals surface area contributed by atoms with Gasteiger partial charge in [-0.2, -0.15) is 0 Å². The molecule has 5 rings (SSSR count). The number of nitrogens with zero attached hydrogens (tertiary/aromatic N) is 1. The number of hydrogen-bond donors (Lipinski definition) is 2. The molecule has 2 N–H and O–H groups in total. The van der Waals surface area contributed by atoms with Crippen molar-refractivity contribution < 1.29 is 24.2 Å². The molecule has 0 bridgehead atoms. The topological polar surface area (TPSA) is 95.9 Å². The van der Waals surface area contributed by atoms with Gasteiger partial charge in [-0.1, -0.05) is 91.0 Å². The van der Waals surface area contributed by atoms with Crippen molar-refractivity contribution in [1.29, 1.82) is 0 Å². The highest BCUT2D eigenvalue weighted by Crippen LogP contribution is 2.41. The summed E-state index contributed by atoms with van der Waals surface area (Å²) in [5.41, 5.74) is 2.81. The summed E-state index contributed by atoms with van der Waals surface area (Å²) in [6, 6.07) is 26.2. The number of esters is 1. The van der Waals surface area contributed by atoms with Crippen molar-refractivity contribution in [2.45, 2.75) is 30.0 Å². The molecule has 1 saturated heterocycles. The normalized spacial score (nSPS) is 20.5. The first-order chi connectivity index (χ1) is 18.1. The third-order valence-electron chi connectivity index (χ3n) is 6.44. The lowest BCUT2D eigenvalue weighted by Gasteiger charge is -2.51. The Hall–Kier alpha value is -3.88. The molecule has 0 aromatic heterocycles. The molecule has 0 aliphatic carbocycles. The van der Waals surface area contributed by atoms with Crippen LogP contribution in [0.1, 0.15) is 22.8 Å². The van der Waals surface area contributed by atoms with Gasteiger partial charge in [-0.05, 0) is 27.7 Å². The van der Waals surface area contributed by atoms with E-state index in [-0.39, 0.29) is 18.2 Å². The van der Waals surface area contributed by atoms with Crippen LogP contribution in [0.15, 0.2) is 102 Å². The number of benzene rings is 3. The van der Waals surface area contributed by atoms with Gasteiger partial charge in [0.25, 0.3) is 0 Å². The second kappa shape index (κ2) is 11.0. The molecule has 1 fully saturated rings. The number of carbonyl (C=O) groups excluding carboxylic acids is 3. The van der Waals surface area contributed by atoms with E-state index in [9.17, 15) is 19.5 Å². The van der Waals surface area contributed by atoms with E-state index in [1.807, 2.05) is 91.0 Å². The van der Waals surface area contributed by atoms with E-state index in [4.69, 9.17) is 4.74 Å². The molecule has 37 heavy (non-hydrogen) atoms. The third-order valence-corrected chi connectivity index (χ3v) is 7.65. The van der Waals surface area contributed by atoms with E-state index in [0.717, 1.165) is 16.7 Å². The van der Waals surface area contributed by atoms with E-state index in [1.54, 1.807) is 5.41 Å². The summed E-state index contributed by atoms with van der Waals surface area (Å²) in [4.78, 5) is 40.7. The van der Waals surface area contributed by atoms with Crippen molar-refractivity contribution in [3.63, 3.8) is 0 Å². The predicted molar refractivity (Wildman–Crippen MR) is 140 cm³/mol. The first kappa shape index (κ1) is 24.8. The Kier molecular flexibility index (Phi) is 7.39. The number of fused-ring (bicyclic) bond motifs is 1. The van der Waals surface area contributed by atoms with Crippen molar-refractivity contribution in [2.24, 2.45) is 0 Å². The second-order valence-corrected chi connectivity index (χ2v) is 9.86. The van der Waals surface area contributed by atoms with Crippen LogP contribution in [0, 0.1) is 0 Å². The lowest BCUT2D eigenvalue weighted by molar-refractivity contribution is -0.165. The smallest absolute Gasteiger partial charge is 0.334 e. The van der Waals surface area contributed by atoms with Crippen molar-refractivity contribution in [1.82, 2.24) is 10.2 Å². The number of ether oxygens (including phenoxy) is 1. The van der Waals surface area contributed by atoms with Crippen LogP contribution < -0.4 is 5.32 Å². The highest BCUT2D eigenvalue weighted by molar-refractivity contribution is 8.02. The second-order valence-electron chi connectivity index (χ2n) is 8.87. The maximum atomic E-state index is 13.6. The fourth-order valence-electron chi connectivity index (χ4n) is 4.60. The Bertz CT molecular complexity index is 1260. The SMILES string of the molecule is O=C(Cc1ccccc1)NC1C(=O)N2C(C(=O)OC(c3ccccc3)c3ccccc3)C(CO)=CS[C@H]12. The van der Waals surface area contributed by atoms with E-state index >= 15 is 0 Å². The van der Waals surface area contributed by atoms with Crippen LogP contribution in [-0.2, 0) is 25.5 Å². The maximum Gasteiger partial charge on any atom is 0.334 e. The largest absolute Gasteiger partial charge is 0.451 e. The number of carbonyl (C=O) groups is 3. The van der Waals surface area contributed by atoms with E-state index in [1.165, 1.54) is 16.7 Å². The van der Waals surface area contributed by atoms with Gasteiger partial charge in [0.15, 0.2) is 12.1 Å². The van der Waals surface area contributed by atoms with Gasteiger partial charge in [-0.3, -0.25) is 9.59 Å². The zero-order chi connectivity index (χ0) is 25.8. The Labute approximate surface area is 219 Å². The number of hydrogen-bond acceptors (Lipinski definition) is 6. The van der Waals surface area contributed by atoms with Gasteiger partial charge in [0.2, 0.25) is 11.8 Å². The lowest BCUT2D eigenvalue weighted by Crippen LogP contribution is -2.74. The molecular formula is C29H26N2O5S. The van der Waals surface area contributed by atoms with Crippen LogP contribution in [0.25, 0.3) is 0 Å². The molecule has 7 nitrogen and oxygen atoms in total. The molecule has 8 heteroatoms. The van der Waals surface area contributed by atoms with Crippen molar-refractivity contribution >= 4 is 29.5 Å². The first-order valence-electron chi connectivity index (χ1n) is 12.0. The average molecular weight is 515 g/mol. The summed E-state index contributed by atoms with van der Waals surface area (Å²) in [7, 11) is 0. The minimum Gasteiger partial charge on any atom is -0.451 e. The number of aliphatic hydroxyl groups is 1. The number of aliphatic hydroxyl groups excluding tert-OH is 1. The Morgan fingerprint density at radius 2 is 1.49 bits per heavy atom. The Morgan fingerprint density at radius 3 is 2.05 bits per heavy atom. The molecule has 2 aliphatic heterocycles. The predicted octanol–water partition coefficient (Wildman–Crippen LogP) is 3.21. The van der Waals surface area contributed by atoms with E-state index < -0.39 is 36.1 Å². The summed E-state index contributed by atoms with van der Waals surface area (Å²) in [6.45, 7) is -0.393. The van der Waals surface area contributed by atoms with Gasteiger partial charge in [-0.25, -0.2) is 4.79 Å². The Balaban J connectivity index is 1.34. The summed E-state index contributed by atoms with van der Waals surface area (Å²) < 4.78 is 6.01. The molecular weight excluding hydrogens is 488 g/mol. The average Bonchev–Trinajstić information content (AvgIpc) is 2.95. The first-order valence-corrected chi connectivity index (χ1v) is 12.9. The summed E-state index contributed by atoms with van der Waals surface area (Å²) in [5.74, 6) is -1.28. The van der Waals surface area contributed by atoms with Crippen LogP contribution in [0.3, 0.4) is 0 Å². The molecule has 2 unspecified atom stereocenters. The summed E-state index contributed by atoms with van der Waals surface area (Å²) in [5, 5.41) is 14.0. The highest BCUT2D eigenvalue weighted by atomic mass is 32.2. The molecule has 0 radical (unpaired) electrons. The maximum absolute atomic E-state index is 13.6. The fourth-order valence-corrected chi connectivity index (χ4v) is 5.81. The fraction of sp³-hybridized carbons (Fsp3) is 0.207. The lowest BCUT2D eigenvalue weighted by atomic mass is 9.97. The number of nitrogens with one attached hydrogen (secondary N) is 1. The molecule has 3 atom stereocenters. The van der Waals surface area contributed by atoms with Crippen molar-refractivity contribution in [2.75, 3.05) is 6.61 Å². The third kappa shape index (κ3) is 5.16.